The van der Waals surface area contributed by atoms with Gasteiger partial charge in [0.1, 0.15) is 0 Å². The third-order valence-electron chi connectivity index (χ3n) is 5.03. The third-order valence-corrected chi connectivity index (χ3v) is 5.03. The van der Waals surface area contributed by atoms with E-state index in [1.807, 2.05) is 36.1 Å². The number of anilines is 1. The Labute approximate surface area is 161 Å². The molecule has 0 unspecified atom stereocenters. The molecule has 0 N–H and O–H groups in total. The fourth-order valence-corrected chi connectivity index (χ4v) is 3.36. The average molecular weight is 387 g/mol. The summed E-state index contributed by atoms with van der Waals surface area (Å²) in [7, 11) is 0. The maximum Gasteiger partial charge on any atom is 0.417 e. The van der Waals surface area contributed by atoms with Gasteiger partial charge in [-0.3, -0.25) is 4.79 Å². The maximum absolute atomic E-state index is 13.2. The van der Waals surface area contributed by atoms with Crippen LogP contribution in [0.15, 0.2) is 42.5 Å². The SMILES string of the molecule is Cc1ccccc1CC(=O)N1CCN(c2ccc(C#N)c(C(F)(F)F)c2)CC1. The topological polar surface area (TPSA) is 47.3 Å². The molecule has 0 aromatic heterocycles. The number of amides is 1. The molecular formula is C21H20F3N3O. The quantitative estimate of drug-likeness (QED) is 0.805. The van der Waals surface area contributed by atoms with E-state index in [0.29, 0.717) is 38.3 Å². The monoisotopic (exact) mass is 387 g/mol. The van der Waals surface area contributed by atoms with Crippen LogP contribution in [0.4, 0.5) is 18.9 Å². The lowest BCUT2D eigenvalue weighted by molar-refractivity contribution is -0.137. The fraction of sp³-hybridized carbons (Fsp3) is 0.333. The molecule has 146 valence electrons. The summed E-state index contributed by atoms with van der Waals surface area (Å²) in [6.45, 7) is 3.76. The van der Waals surface area contributed by atoms with Crippen LogP contribution < -0.4 is 4.90 Å². The molecule has 2 aromatic rings. The molecule has 1 saturated heterocycles. The van der Waals surface area contributed by atoms with E-state index in [2.05, 4.69) is 0 Å². The predicted molar refractivity (Wildman–Crippen MR) is 99.8 cm³/mol. The van der Waals surface area contributed by atoms with E-state index < -0.39 is 11.7 Å². The largest absolute Gasteiger partial charge is 0.417 e. The molecule has 0 spiro atoms. The Balaban J connectivity index is 1.66. The summed E-state index contributed by atoms with van der Waals surface area (Å²) in [4.78, 5) is 16.1. The Morgan fingerprint density at radius 3 is 2.39 bits per heavy atom. The summed E-state index contributed by atoms with van der Waals surface area (Å²) in [5, 5.41) is 8.91. The number of nitrogens with zero attached hydrogens (tertiary/aromatic N) is 3. The van der Waals surface area contributed by atoms with E-state index in [9.17, 15) is 18.0 Å². The van der Waals surface area contributed by atoms with Crippen LogP contribution in [-0.2, 0) is 17.4 Å². The number of aryl methyl sites for hydroxylation is 1. The molecule has 0 saturated carbocycles. The summed E-state index contributed by atoms with van der Waals surface area (Å²) < 4.78 is 39.5. The second-order valence-corrected chi connectivity index (χ2v) is 6.81. The highest BCUT2D eigenvalue weighted by atomic mass is 19.4. The first-order chi connectivity index (χ1) is 13.3. The zero-order chi connectivity index (χ0) is 20.3. The Bertz CT molecular complexity index is 910. The van der Waals surface area contributed by atoms with Gasteiger partial charge in [-0.05, 0) is 36.2 Å². The first kappa shape index (κ1) is 19.7. The molecule has 28 heavy (non-hydrogen) atoms. The molecule has 0 bridgehead atoms. The number of carbonyl (C=O) groups is 1. The minimum absolute atomic E-state index is 0.0183. The van der Waals surface area contributed by atoms with Crippen molar-refractivity contribution in [2.45, 2.75) is 19.5 Å². The van der Waals surface area contributed by atoms with Gasteiger partial charge in [0, 0.05) is 31.9 Å². The van der Waals surface area contributed by atoms with Gasteiger partial charge in [0.15, 0.2) is 0 Å². The number of rotatable bonds is 3. The van der Waals surface area contributed by atoms with Gasteiger partial charge in [0.2, 0.25) is 5.91 Å². The number of hydrogen-bond acceptors (Lipinski definition) is 3. The molecule has 1 fully saturated rings. The van der Waals surface area contributed by atoms with E-state index in [-0.39, 0.29) is 11.5 Å². The van der Waals surface area contributed by atoms with Crippen molar-refractivity contribution < 1.29 is 18.0 Å². The standard InChI is InChI=1S/C21H20F3N3O/c1-15-4-2-3-5-16(15)12-20(28)27-10-8-26(9-11-27)18-7-6-17(14-25)19(13-18)21(22,23)24/h2-7,13H,8-12H2,1H3. The highest BCUT2D eigenvalue weighted by Gasteiger charge is 2.34. The number of alkyl halides is 3. The molecule has 2 aromatic carbocycles. The molecule has 4 nitrogen and oxygen atoms in total. The minimum Gasteiger partial charge on any atom is -0.368 e. The summed E-state index contributed by atoms with van der Waals surface area (Å²) in [5.41, 5.74) is 1.15. The van der Waals surface area contributed by atoms with Crippen LogP contribution in [0.3, 0.4) is 0 Å². The van der Waals surface area contributed by atoms with Crippen LogP contribution >= 0.6 is 0 Å². The molecule has 1 amide bonds. The Kier molecular flexibility index (Phi) is 5.59. The van der Waals surface area contributed by atoms with Gasteiger partial charge in [0.25, 0.3) is 0 Å². The van der Waals surface area contributed by atoms with Gasteiger partial charge in [0.05, 0.1) is 23.6 Å². The van der Waals surface area contributed by atoms with Crippen molar-refractivity contribution in [2.24, 2.45) is 0 Å². The molecule has 1 aliphatic rings. The molecule has 1 aliphatic heterocycles. The van der Waals surface area contributed by atoms with Gasteiger partial charge in [-0.15, -0.1) is 0 Å². The van der Waals surface area contributed by atoms with Gasteiger partial charge in [-0.25, -0.2) is 0 Å². The van der Waals surface area contributed by atoms with Gasteiger partial charge >= 0.3 is 6.18 Å². The van der Waals surface area contributed by atoms with Crippen molar-refractivity contribution >= 4 is 11.6 Å². The molecule has 0 atom stereocenters. The van der Waals surface area contributed by atoms with Crippen LogP contribution in [0, 0.1) is 18.3 Å². The number of carbonyl (C=O) groups excluding carboxylic acids is 1. The van der Waals surface area contributed by atoms with E-state index in [1.165, 1.54) is 12.1 Å². The summed E-state index contributed by atoms with van der Waals surface area (Å²) in [6, 6.07) is 13.1. The fourth-order valence-electron chi connectivity index (χ4n) is 3.36. The van der Waals surface area contributed by atoms with E-state index >= 15 is 0 Å². The number of hydrogen-bond donors (Lipinski definition) is 0. The zero-order valence-corrected chi connectivity index (χ0v) is 15.5. The maximum atomic E-state index is 13.2. The summed E-state index contributed by atoms with van der Waals surface area (Å²) in [6.07, 6.45) is -4.26. The van der Waals surface area contributed by atoms with Crippen molar-refractivity contribution in [1.82, 2.24) is 4.90 Å². The van der Waals surface area contributed by atoms with Crippen LogP contribution in [0.2, 0.25) is 0 Å². The molecule has 1 heterocycles. The Morgan fingerprint density at radius 1 is 1.11 bits per heavy atom. The zero-order valence-electron chi connectivity index (χ0n) is 15.5. The number of piperazine rings is 1. The average Bonchev–Trinajstić information content (AvgIpc) is 2.68. The predicted octanol–water partition coefficient (Wildman–Crippen LogP) is 3.78. The normalized spacial score (nSPS) is 14.7. The smallest absolute Gasteiger partial charge is 0.368 e. The molecule has 0 radical (unpaired) electrons. The number of halogens is 3. The Hall–Kier alpha value is -3.01. The van der Waals surface area contributed by atoms with Crippen LogP contribution in [-0.4, -0.2) is 37.0 Å². The lowest BCUT2D eigenvalue weighted by Gasteiger charge is -2.36. The lowest BCUT2D eigenvalue weighted by atomic mass is 10.0. The van der Waals surface area contributed by atoms with E-state index in [0.717, 1.165) is 17.2 Å². The highest BCUT2D eigenvalue weighted by Crippen LogP contribution is 2.34. The van der Waals surface area contributed by atoms with Crippen molar-refractivity contribution in [1.29, 1.82) is 5.26 Å². The van der Waals surface area contributed by atoms with Crippen molar-refractivity contribution in [3.8, 4) is 6.07 Å². The minimum atomic E-state index is -4.58. The first-order valence-corrected chi connectivity index (χ1v) is 8.98. The molecule has 7 heteroatoms. The molecule has 3 rings (SSSR count). The first-order valence-electron chi connectivity index (χ1n) is 8.98. The summed E-state index contributed by atoms with van der Waals surface area (Å²) in [5.74, 6) is 0.0183. The Morgan fingerprint density at radius 2 is 1.79 bits per heavy atom. The summed E-state index contributed by atoms with van der Waals surface area (Å²) >= 11 is 0. The van der Waals surface area contributed by atoms with Crippen LogP contribution in [0.1, 0.15) is 22.3 Å². The number of nitriles is 1. The second-order valence-electron chi connectivity index (χ2n) is 6.81. The van der Waals surface area contributed by atoms with E-state index in [1.54, 1.807) is 11.0 Å². The third kappa shape index (κ3) is 4.28. The van der Waals surface area contributed by atoms with Crippen molar-refractivity contribution in [3.63, 3.8) is 0 Å². The van der Waals surface area contributed by atoms with Crippen molar-refractivity contribution in [2.75, 3.05) is 31.1 Å². The van der Waals surface area contributed by atoms with Gasteiger partial charge in [-0.2, -0.15) is 18.4 Å². The molecule has 0 aliphatic carbocycles. The molecular weight excluding hydrogens is 367 g/mol. The van der Waals surface area contributed by atoms with Gasteiger partial charge < -0.3 is 9.80 Å². The number of benzene rings is 2. The lowest BCUT2D eigenvalue weighted by Crippen LogP contribution is -2.49. The van der Waals surface area contributed by atoms with Crippen molar-refractivity contribution in [3.05, 3.63) is 64.7 Å². The highest BCUT2D eigenvalue weighted by molar-refractivity contribution is 5.79. The second kappa shape index (κ2) is 7.93. The van der Waals surface area contributed by atoms with Gasteiger partial charge in [-0.1, -0.05) is 24.3 Å². The van der Waals surface area contributed by atoms with E-state index in [4.69, 9.17) is 5.26 Å². The van der Waals surface area contributed by atoms with Crippen LogP contribution in [0.25, 0.3) is 0 Å². The van der Waals surface area contributed by atoms with Crippen LogP contribution in [0.5, 0.6) is 0 Å².